The summed E-state index contributed by atoms with van der Waals surface area (Å²) in [6.45, 7) is 4.50. The molecule has 0 radical (unpaired) electrons. The molecule has 1 fully saturated rings. The van der Waals surface area contributed by atoms with Gasteiger partial charge in [0.05, 0.1) is 0 Å². The number of nitrogens with two attached hydrogens (primary N) is 1. The van der Waals surface area contributed by atoms with Crippen LogP contribution in [0.5, 0.6) is 0 Å². The molecule has 1 aromatic carbocycles. The van der Waals surface area contributed by atoms with Gasteiger partial charge in [-0.2, -0.15) is 0 Å². The number of hydrogen-bond donors (Lipinski definition) is 1. The monoisotopic (exact) mass is 295 g/mol. The molecule has 1 aromatic rings. The van der Waals surface area contributed by atoms with Crippen LogP contribution >= 0.6 is 15.9 Å². The lowest BCUT2D eigenvalue weighted by Crippen LogP contribution is -2.39. The van der Waals surface area contributed by atoms with Gasteiger partial charge in [0.15, 0.2) is 0 Å². The molecule has 1 nitrogen and oxygen atoms in total. The van der Waals surface area contributed by atoms with Crippen molar-refractivity contribution in [2.45, 2.75) is 57.4 Å². The van der Waals surface area contributed by atoms with E-state index in [4.69, 9.17) is 5.73 Å². The van der Waals surface area contributed by atoms with Crippen LogP contribution in [0.15, 0.2) is 22.7 Å². The topological polar surface area (TPSA) is 26.0 Å². The number of benzene rings is 1. The van der Waals surface area contributed by atoms with E-state index >= 15 is 0 Å². The average Bonchev–Trinajstić information content (AvgIpc) is 2.29. The van der Waals surface area contributed by atoms with Gasteiger partial charge in [0.1, 0.15) is 0 Å². The molecule has 0 unspecified atom stereocenters. The molecule has 2 rings (SSSR count). The zero-order chi connectivity index (χ0) is 12.5. The van der Waals surface area contributed by atoms with Gasteiger partial charge in [-0.05, 0) is 42.0 Å². The maximum atomic E-state index is 6.67. The maximum absolute atomic E-state index is 6.67. The molecule has 94 valence electrons. The fraction of sp³-hybridized carbons (Fsp3) is 0.600. The molecule has 0 atom stereocenters. The summed E-state index contributed by atoms with van der Waals surface area (Å²) in [7, 11) is 0. The van der Waals surface area contributed by atoms with Crippen molar-refractivity contribution < 1.29 is 0 Å². The molecule has 1 aliphatic carbocycles. The van der Waals surface area contributed by atoms with E-state index in [1.807, 2.05) is 0 Å². The van der Waals surface area contributed by atoms with Crippen LogP contribution in [0.2, 0.25) is 0 Å². The van der Waals surface area contributed by atoms with Crippen molar-refractivity contribution in [3.63, 3.8) is 0 Å². The fourth-order valence-electron chi connectivity index (χ4n) is 2.92. The Bertz CT molecular complexity index is 392. The molecule has 0 aromatic heterocycles. The Morgan fingerprint density at radius 2 is 1.82 bits per heavy atom. The largest absolute Gasteiger partial charge is 0.321 e. The molecule has 2 N–H and O–H groups in total. The van der Waals surface area contributed by atoms with Crippen molar-refractivity contribution in [3.05, 3.63) is 33.8 Å². The highest BCUT2D eigenvalue weighted by atomic mass is 79.9. The molecule has 2 heteroatoms. The first-order chi connectivity index (χ1) is 8.03. The molecule has 0 bridgehead atoms. The van der Waals surface area contributed by atoms with Gasteiger partial charge in [-0.1, -0.05) is 55.1 Å². The normalized spacial score (nSPS) is 19.6. The second-order valence-electron chi connectivity index (χ2n) is 5.60. The quantitative estimate of drug-likeness (QED) is 0.841. The van der Waals surface area contributed by atoms with E-state index in [2.05, 4.69) is 48.0 Å². The van der Waals surface area contributed by atoms with Gasteiger partial charge in [-0.25, -0.2) is 0 Å². The Kier molecular flexibility index (Phi) is 3.94. The Morgan fingerprint density at radius 3 is 2.41 bits per heavy atom. The summed E-state index contributed by atoms with van der Waals surface area (Å²) in [6.07, 6.45) is 6.12. The van der Waals surface area contributed by atoms with Gasteiger partial charge in [0.25, 0.3) is 0 Å². The number of rotatable bonds is 2. The van der Waals surface area contributed by atoms with Crippen LogP contribution in [-0.2, 0) is 5.54 Å². The predicted octanol–water partition coefficient (Wildman–Crippen LogP) is 4.69. The minimum atomic E-state index is -0.0956. The third kappa shape index (κ3) is 2.74. The first-order valence-electron chi connectivity index (χ1n) is 6.62. The Labute approximate surface area is 113 Å². The summed E-state index contributed by atoms with van der Waals surface area (Å²) in [4.78, 5) is 0. The molecular formula is C15H22BrN. The summed E-state index contributed by atoms with van der Waals surface area (Å²) >= 11 is 3.58. The lowest BCUT2D eigenvalue weighted by Gasteiger charge is -2.36. The van der Waals surface area contributed by atoms with Gasteiger partial charge < -0.3 is 5.73 Å². The number of hydrogen-bond acceptors (Lipinski definition) is 1. The second kappa shape index (κ2) is 5.11. The SMILES string of the molecule is CC(C)c1ccc(Br)cc1C1(N)CCCCC1. The van der Waals surface area contributed by atoms with Gasteiger partial charge in [-0.3, -0.25) is 0 Å². The molecule has 0 saturated heterocycles. The van der Waals surface area contributed by atoms with Gasteiger partial charge in [-0.15, -0.1) is 0 Å². The lowest BCUT2D eigenvalue weighted by molar-refractivity contribution is 0.299. The van der Waals surface area contributed by atoms with Crippen LogP contribution in [0.25, 0.3) is 0 Å². The average molecular weight is 296 g/mol. The molecule has 0 aliphatic heterocycles. The molecule has 1 aliphatic rings. The smallest absolute Gasteiger partial charge is 0.0412 e. The fourth-order valence-corrected chi connectivity index (χ4v) is 3.28. The summed E-state index contributed by atoms with van der Waals surface area (Å²) in [5, 5.41) is 0. The zero-order valence-electron chi connectivity index (χ0n) is 10.8. The van der Waals surface area contributed by atoms with E-state index in [0.29, 0.717) is 5.92 Å². The molecule has 0 heterocycles. The minimum Gasteiger partial charge on any atom is -0.321 e. The highest BCUT2D eigenvalue weighted by Gasteiger charge is 2.31. The van der Waals surface area contributed by atoms with E-state index in [1.54, 1.807) is 0 Å². The van der Waals surface area contributed by atoms with Gasteiger partial charge in [0.2, 0.25) is 0 Å². The first kappa shape index (κ1) is 13.1. The lowest BCUT2D eigenvalue weighted by atomic mass is 9.74. The Hall–Kier alpha value is -0.340. The predicted molar refractivity (Wildman–Crippen MR) is 77.2 cm³/mol. The van der Waals surface area contributed by atoms with E-state index in [1.165, 1.54) is 30.4 Å². The zero-order valence-corrected chi connectivity index (χ0v) is 12.4. The summed E-state index contributed by atoms with van der Waals surface area (Å²) in [5.41, 5.74) is 9.35. The van der Waals surface area contributed by atoms with Crippen LogP contribution in [0, 0.1) is 0 Å². The van der Waals surface area contributed by atoms with Gasteiger partial charge >= 0.3 is 0 Å². The van der Waals surface area contributed by atoms with E-state index in [9.17, 15) is 0 Å². The van der Waals surface area contributed by atoms with E-state index < -0.39 is 0 Å². The molecular weight excluding hydrogens is 274 g/mol. The van der Waals surface area contributed by atoms with Crippen LogP contribution in [-0.4, -0.2) is 0 Å². The maximum Gasteiger partial charge on any atom is 0.0412 e. The van der Waals surface area contributed by atoms with Crippen LogP contribution in [0.4, 0.5) is 0 Å². The van der Waals surface area contributed by atoms with Crippen LogP contribution < -0.4 is 5.73 Å². The van der Waals surface area contributed by atoms with Crippen molar-refractivity contribution in [2.75, 3.05) is 0 Å². The van der Waals surface area contributed by atoms with Crippen molar-refractivity contribution in [1.29, 1.82) is 0 Å². The van der Waals surface area contributed by atoms with Crippen LogP contribution in [0.3, 0.4) is 0 Å². The van der Waals surface area contributed by atoms with Crippen molar-refractivity contribution in [2.24, 2.45) is 5.73 Å². The summed E-state index contributed by atoms with van der Waals surface area (Å²) < 4.78 is 1.15. The van der Waals surface area contributed by atoms with E-state index in [-0.39, 0.29) is 5.54 Å². The Balaban J connectivity index is 2.44. The first-order valence-corrected chi connectivity index (χ1v) is 7.41. The third-order valence-corrected chi connectivity index (χ3v) is 4.41. The molecule has 17 heavy (non-hydrogen) atoms. The summed E-state index contributed by atoms with van der Waals surface area (Å²) in [5.74, 6) is 0.542. The van der Waals surface area contributed by atoms with Crippen molar-refractivity contribution in [3.8, 4) is 0 Å². The molecule has 0 amide bonds. The molecule has 0 spiro atoms. The number of halogens is 1. The van der Waals surface area contributed by atoms with E-state index in [0.717, 1.165) is 17.3 Å². The van der Waals surface area contributed by atoms with Crippen molar-refractivity contribution in [1.82, 2.24) is 0 Å². The Morgan fingerprint density at radius 1 is 1.18 bits per heavy atom. The highest BCUT2D eigenvalue weighted by molar-refractivity contribution is 9.10. The minimum absolute atomic E-state index is 0.0956. The highest BCUT2D eigenvalue weighted by Crippen LogP contribution is 2.39. The summed E-state index contributed by atoms with van der Waals surface area (Å²) in [6, 6.07) is 6.60. The van der Waals surface area contributed by atoms with Crippen molar-refractivity contribution >= 4 is 15.9 Å². The second-order valence-corrected chi connectivity index (χ2v) is 6.52. The van der Waals surface area contributed by atoms with Gasteiger partial charge in [0, 0.05) is 10.0 Å². The van der Waals surface area contributed by atoms with Crippen LogP contribution in [0.1, 0.15) is 63.0 Å². The molecule has 1 saturated carbocycles. The third-order valence-electron chi connectivity index (χ3n) is 3.92. The standard InChI is InChI=1S/C15H22BrN/c1-11(2)13-7-6-12(16)10-14(13)15(17)8-4-3-5-9-15/h6-7,10-11H,3-5,8-9,17H2,1-2H3.